The van der Waals surface area contributed by atoms with Crippen LogP contribution in [-0.2, 0) is 0 Å². The van der Waals surface area contributed by atoms with Gasteiger partial charge in [-0.15, -0.1) is 0 Å². The van der Waals surface area contributed by atoms with E-state index in [0.29, 0.717) is 0 Å². The van der Waals surface area contributed by atoms with Crippen LogP contribution >= 0.6 is 0 Å². The minimum Gasteiger partial charge on any atom is -0.254 e. The molecule has 0 aliphatic heterocycles. The molecule has 0 N–H and O–H groups in total. The third kappa shape index (κ3) is 1.54. The maximum atomic E-state index is 4.26. The number of aromatic nitrogens is 3. The molecule has 0 saturated heterocycles. The summed E-state index contributed by atoms with van der Waals surface area (Å²) >= 11 is 0. The number of hydrogen-bond donors (Lipinski definition) is 0. The first-order valence-electron chi connectivity index (χ1n) is 4.06. The van der Waals surface area contributed by atoms with E-state index in [-0.39, 0.29) is 0 Å². The summed E-state index contributed by atoms with van der Waals surface area (Å²) in [5.74, 6) is 0. The fourth-order valence-corrected chi connectivity index (χ4v) is 1.18. The molecule has 64 valence electrons. The van der Waals surface area contributed by atoms with E-state index in [1.165, 1.54) is 6.33 Å². The van der Waals surface area contributed by atoms with Crippen molar-refractivity contribution >= 4 is 0 Å². The SMILES string of the molecule is Cc1cccnc1-c1ccncn1. The molecule has 2 heterocycles. The highest BCUT2D eigenvalue weighted by Crippen LogP contribution is 2.16. The Kier molecular flexibility index (Phi) is 2.00. The number of nitrogens with zero attached hydrogens (tertiary/aromatic N) is 3. The van der Waals surface area contributed by atoms with Gasteiger partial charge in [-0.3, -0.25) is 4.98 Å². The van der Waals surface area contributed by atoms with Crippen LogP contribution in [0.3, 0.4) is 0 Å². The van der Waals surface area contributed by atoms with E-state index >= 15 is 0 Å². The van der Waals surface area contributed by atoms with E-state index in [2.05, 4.69) is 15.0 Å². The zero-order valence-corrected chi connectivity index (χ0v) is 7.31. The molecule has 3 nitrogen and oxygen atoms in total. The summed E-state index contributed by atoms with van der Waals surface area (Å²) in [5, 5.41) is 0. The Balaban J connectivity index is 2.54. The number of hydrogen-bond acceptors (Lipinski definition) is 3. The number of aryl methyl sites for hydroxylation is 1. The van der Waals surface area contributed by atoms with Gasteiger partial charge in [0.1, 0.15) is 6.33 Å². The van der Waals surface area contributed by atoms with Gasteiger partial charge >= 0.3 is 0 Å². The van der Waals surface area contributed by atoms with Crippen molar-refractivity contribution in [2.75, 3.05) is 0 Å². The average Bonchev–Trinajstić information content (AvgIpc) is 2.20. The van der Waals surface area contributed by atoms with Crippen molar-refractivity contribution in [2.24, 2.45) is 0 Å². The summed E-state index contributed by atoms with van der Waals surface area (Å²) in [6.07, 6.45) is 5.02. The van der Waals surface area contributed by atoms with E-state index in [9.17, 15) is 0 Å². The minimum absolute atomic E-state index is 0.869. The number of pyridine rings is 1. The molecule has 0 aromatic carbocycles. The fraction of sp³-hybridized carbons (Fsp3) is 0.100. The van der Waals surface area contributed by atoms with Gasteiger partial charge in [-0.05, 0) is 24.6 Å². The number of rotatable bonds is 1. The van der Waals surface area contributed by atoms with Crippen molar-refractivity contribution < 1.29 is 0 Å². The molecule has 2 rings (SSSR count). The average molecular weight is 171 g/mol. The zero-order valence-electron chi connectivity index (χ0n) is 7.31. The van der Waals surface area contributed by atoms with Gasteiger partial charge in [-0.2, -0.15) is 0 Å². The minimum atomic E-state index is 0.869. The van der Waals surface area contributed by atoms with Crippen LogP contribution in [0.1, 0.15) is 5.56 Å². The molecule has 0 unspecified atom stereocenters. The Morgan fingerprint density at radius 3 is 2.69 bits per heavy atom. The molecular weight excluding hydrogens is 162 g/mol. The Morgan fingerprint density at radius 1 is 1.08 bits per heavy atom. The van der Waals surface area contributed by atoms with E-state index in [1.807, 2.05) is 25.1 Å². The molecule has 0 amide bonds. The maximum Gasteiger partial charge on any atom is 0.116 e. The summed E-state index contributed by atoms with van der Waals surface area (Å²) in [6.45, 7) is 2.02. The van der Waals surface area contributed by atoms with E-state index in [4.69, 9.17) is 0 Å². The van der Waals surface area contributed by atoms with Crippen molar-refractivity contribution in [1.82, 2.24) is 15.0 Å². The van der Waals surface area contributed by atoms with Gasteiger partial charge in [0, 0.05) is 12.4 Å². The quantitative estimate of drug-likeness (QED) is 0.657. The third-order valence-electron chi connectivity index (χ3n) is 1.83. The molecular formula is C10H9N3. The Labute approximate surface area is 76.5 Å². The van der Waals surface area contributed by atoms with E-state index in [1.54, 1.807) is 12.4 Å². The lowest BCUT2D eigenvalue weighted by Gasteiger charge is -2.01. The standard InChI is InChI=1S/C10H9N3/c1-8-3-2-5-12-10(8)9-4-6-11-7-13-9/h2-7H,1H3. The molecule has 0 atom stereocenters. The van der Waals surface area contributed by atoms with E-state index in [0.717, 1.165) is 17.0 Å². The first kappa shape index (κ1) is 7.86. The Hall–Kier alpha value is -1.77. The molecule has 0 bridgehead atoms. The molecule has 13 heavy (non-hydrogen) atoms. The highest BCUT2D eigenvalue weighted by Gasteiger charge is 2.01. The Bertz CT molecular complexity index is 398. The van der Waals surface area contributed by atoms with Gasteiger partial charge in [-0.1, -0.05) is 6.07 Å². The second-order valence-electron chi connectivity index (χ2n) is 2.76. The lowest BCUT2D eigenvalue weighted by Crippen LogP contribution is -1.90. The first-order chi connectivity index (χ1) is 6.38. The van der Waals surface area contributed by atoms with Gasteiger partial charge in [-0.25, -0.2) is 9.97 Å². The summed E-state index contributed by atoms with van der Waals surface area (Å²) < 4.78 is 0. The van der Waals surface area contributed by atoms with Crippen LogP contribution in [0.4, 0.5) is 0 Å². The summed E-state index contributed by atoms with van der Waals surface area (Å²) in [4.78, 5) is 12.3. The maximum absolute atomic E-state index is 4.26. The van der Waals surface area contributed by atoms with Gasteiger partial charge < -0.3 is 0 Å². The van der Waals surface area contributed by atoms with Crippen molar-refractivity contribution in [3.8, 4) is 11.4 Å². The molecule has 2 aromatic rings. The molecule has 0 fully saturated rings. The second-order valence-corrected chi connectivity index (χ2v) is 2.76. The normalized spacial score (nSPS) is 9.92. The molecule has 0 aliphatic rings. The smallest absolute Gasteiger partial charge is 0.116 e. The van der Waals surface area contributed by atoms with Crippen LogP contribution in [0.2, 0.25) is 0 Å². The van der Waals surface area contributed by atoms with Crippen LogP contribution in [0, 0.1) is 6.92 Å². The molecule has 0 aliphatic carbocycles. The third-order valence-corrected chi connectivity index (χ3v) is 1.83. The molecule has 2 aromatic heterocycles. The summed E-state index contributed by atoms with van der Waals surface area (Å²) in [5.41, 5.74) is 2.92. The molecule has 0 radical (unpaired) electrons. The highest BCUT2D eigenvalue weighted by molar-refractivity contribution is 5.57. The molecule has 0 saturated carbocycles. The second kappa shape index (κ2) is 3.31. The summed E-state index contributed by atoms with van der Waals surface area (Å²) in [7, 11) is 0. The van der Waals surface area contributed by atoms with Crippen molar-refractivity contribution in [3.63, 3.8) is 0 Å². The van der Waals surface area contributed by atoms with Crippen LogP contribution in [0.5, 0.6) is 0 Å². The molecule has 0 spiro atoms. The predicted molar refractivity (Wildman–Crippen MR) is 50.0 cm³/mol. The van der Waals surface area contributed by atoms with Gasteiger partial charge in [0.05, 0.1) is 11.4 Å². The highest BCUT2D eigenvalue weighted by atomic mass is 14.8. The fourth-order valence-electron chi connectivity index (χ4n) is 1.18. The predicted octanol–water partition coefficient (Wildman–Crippen LogP) is 1.85. The van der Waals surface area contributed by atoms with Gasteiger partial charge in [0.15, 0.2) is 0 Å². The zero-order chi connectivity index (χ0) is 9.10. The van der Waals surface area contributed by atoms with Crippen molar-refractivity contribution in [2.45, 2.75) is 6.92 Å². The van der Waals surface area contributed by atoms with Gasteiger partial charge in [0.2, 0.25) is 0 Å². The monoisotopic (exact) mass is 171 g/mol. The lowest BCUT2D eigenvalue weighted by molar-refractivity contribution is 1.14. The van der Waals surface area contributed by atoms with Crippen LogP contribution in [0.15, 0.2) is 36.9 Å². The van der Waals surface area contributed by atoms with E-state index < -0.39 is 0 Å². The summed E-state index contributed by atoms with van der Waals surface area (Å²) in [6, 6.07) is 5.79. The van der Waals surface area contributed by atoms with Crippen LogP contribution < -0.4 is 0 Å². The first-order valence-corrected chi connectivity index (χ1v) is 4.06. The lowest BCUT2D eigenvalue weighted by atomic mass is 10.1. The largest absolute Gasteiger partial charge is 0.254 e. The molecule has 3 heteroatoms. The van der Waals surface area contributed by atoms with Gasteiger partial charge in [0.25, 0.3) is 0 Å². The Morgan fingerprint density at radius 2 is 2.00 bits per heavy atom. The van der Waals surface area contributed by atoms with Crippen molar-refractivity contribution in [1.29, 1.82) is 0 Å². The van der Waals surface area contributed by atoms with Crippen LogP contribution in [-0.4, -0.2) is 15.0 Å². The van der Waals surface area contributed by atoms with Crippen molar-refractivity contribution in [3.05, 3.63) is 42.5 Å². The van der Waals surface area contributed by atoms with Crippen LogP contribution in [0.25, 0.3) is 11.4 Å². The topological polar surface area (TPSA) is 38.7 Å².